The van der Waals surface area contributed by atoms with Gasteiger partial charge >= 0.3 is 0 Å². The van der Waals surface area contributed by atoms with Gasteiger partial charge in [0.2, 0.25) is 10.0 Å². The highest BCUT2D eigenvalue weighted by atomic mass is 32.2. The normalized spacial score (nSPS) is 12.5. The van der Waals surface area contributed by atoms with Crippen molar-refractivity contribution in [1.82, 2.24) is 24.3 Å². The van der Waals surface area contributed by atoms with Crippen LogP contribution in [0.1, 0.15) is 13.3 Å². The fourth-order valence-corrected chi connectivity index (χ4v) is 3.43. The van der Waals surface area contributed by atoms with E-state index in [1.54, 1.807) is 10.9 Å². The average Bonchev–Trinajstić information content (AvgIpc) is 2.90. The summed E-state index contributed by atoms with van der Waals surface area (Å²) in [6.07, 6.45) is 3.84. The summed E-state index contributed by atoms with van der Waals surface area (Å²) in [5.74, 6) is 0. The smallest absolute Gasteiger partial charge is 0.246 e. The molecular formula is C13H27N5O2S. The Morgan fingerprint density at radius 3 is 2.62 bits per heavy atom. The average molecular weight is 317 g/mol. The van der Waals surface area contributed by atoms with Crippen molar-refractivity contribution < 1.29 is 8.42 Å². The SMILES string of the molecule is CCN(CCCN(C)C)S(=O)(=O)c1cnn(CCNC)c1. The Morgan fingerprint density at radius 2 is 2.05 bits per heavy atom. The number of nitrogens with one attached hydrogen (secondary N) is 1. The molecule has 1 heterocycles. The van der Waals surface area contributed by atoms with Gasteiger partial charge in [-0.2, -0.15) is 9.40 Å². The van der Waals surface area contributed by atoms with Crippen LogP contribution in [-0.2, 0) is 16.6 Å². The lowest BCUT2D eigenvalue weighted by Gasteiger charge is -2.20. The number of likely N-dealkylation sites (N-methyl/N-ethyl adjacent to an activating group) is 1. The highest BCUT2D eigenvalue weighted by molar-refractivity contribution is 7.89. The van der Waals surface area contributed by atoms with E-state index in [9.17, 15) is 8.42 Å². The number of sulfonamides is 1. The zero-order chi connectivity index (χ0) is 15.9. The lowest BCUT2D eigenvalue weighted by molar-refractivity contribution is 0.356. The molecular weight excluding hydrogens is 290 g/mol. The van der Waals surface area contributed by atoms with Crippen LogP contribution in [0.3, 0.4) is 0 Å². The largest absolute Gasteiger partial charge is 0.318 e. The minimum Gasteiger partial charge on any atom is -0.318 e. The summed E-state index contributed by atoms with van der Waals surface area (Å²) in [5.41, 5.74) is 0. The Balaban J connectivity index is 2.74. The van der Waals surface area contributed by atoms with Crippen molar-refractivity contribution in [3.8, 4) is 0 Å². The second kappa shape index (κ2) is 8.47. The van der Waals surface area contributed by atoms with Crippen molar-refractivity contribution in [2.75, 3.05) is 47.3 Å². The molecule has 0 saturated carbocycles. The van der Waals surface area contributed by atoms with Crippen LogP contribution in [0.2, 0.25) is 0 Å². The summed E-state index contributed by atoms with van der Waals surface area (Å²) in [6.45, 7) is 5.13. The molecule has 1 aromatic rings. The molecule has 1 rings (SSSR count). The number of hydrogen-bond acceptors (Lipinski definition) is 5. The number of aromatic nitrogens is 2. The van der Waals surface area contributed by atoms with Gasteiger partial charge < -0.3 is 10.2 Å². The summed E-state index contributed by atoms with van der Waals surface area (Å²) in [4.78, 5) is 2.32. The molecule has 0 amide bonds. The maximum Gasteiger partial charge on any atom is 0.246 e. The third-order valence-electron chi connectivity index (χ3n) is 3.20. The van der Waals surface area contributed by atoms with Gasteiger partial charge in [-0.3, -0.25) is 4.68 Å². The fourth-order valence-electron chi connectivity index (χ4n) is 1.99. The number of hydrogen-bond donors (Lipinski definition) is 1. The Labute approximate surface area is 128 Å². The van der Waals surface area contributed by atoms with E-state index in [0.717, 1.165) is 19.5 Å². The summed E-state index contributed by atoms with van der Waals surface area (Å²) < 4.78 is 28.3. The van der Waals surface area contributed by atoms with E-state index in [1.165, 1.54) is 10.5 Å². The second-order valence-corrected chi connectivity index (χ2v) is 7.13. The topological polar surface area (TPSA) is 70.5 Å². The molecule has 0 aliphatic heterocycles. The van der Waals surface area contributed by atoms with Gasteiger partial charge in [-0.15, -0.1) is 0 Å². The van der Waals surface area contributed by atoms with Crippen LogP contribution >= 0.6 is 0 Å². The van der Waals surface area contributed by atoms with E-state index in [2.05, 4.69) is 15.3 Å². The van der Waals surface area contributed by atoms with Gasteiger partial charge in [0, 0.05) is 25.8 Å². The van der Waals surface area contributed by atoms with E-state index >= 15 is 0 Å². The summed E-state index contributed by atoms with van der Waals surface area (Å²) in [6, 6.07) is 0. The second-order valence-electron chi connectivity index (χ2n) is 5.20. The molecule has 21 heavy (non-hydrogen) atoms. The summed E-state index contributed by atoms with van der Waals surface area (Å²) >= 11 is 0. The first-order valence-corrected chi connectivity index (χ1v) is 8.67. The van der Waals surface area contributed by atoms with Crippen molar-refractivity contribution in [3.63, 3.8) is 0 Å². The highest BCUT2D eigenvalue weighted by Gasteiger charge is 2.24. The lowest BCUT2D eigenvalue weighted by atomic mass is 10.4. The van der Waals surface area contributed by atoms with Crippen molar-refractivity contribution >= 4 is 10.0 Å². The molecule has 0 saturated heterocycles. The van der Waals surface area contributed by atoms with Crippen LogP contribution in [0, 0.1) is 0 Å². The van der Waals surface area contributed by atoms with Crippen molar-refractivity contribution in [2.24, 2.45) is 0 Å². The van der Waals surface area contributed by atoms with Gasteiger partial charge in [0.15, 0.2) is 0 Å². The molecule has 1 N–H and O–H groups in total. The molecule has 0 unspecified atom stereocenters. The summed E-state index contributed by atoms with van der Waals surface area (Å²) in [5, 5.41) is 7.12. The van der Waals surface area contributed by atoms with Gasteiger partial charge in [0.05, 0.1) is 12.7 Å². The van der Waals surface area contributed by atoms with Crippen LogP contribution in [0.4, 0.5) is 0 Å². The lowest BCUT2D eigenvalue weighted by Crippen LogP contribution is -2.33. The Kier molecular flexibility index (Phi) is 7.30. The number of nitrogens with zero attached hydrogens (tertiary/aromatic N) is 4. The fraction of sp³-hybridized carbons (Fsp3) is 0.769. The molecule has 7 nitrogen and oxygen atoms in total. The molecule has 0 aliphatic carbocycles. The number of rotatable bonds is 10. The first-order valence-electron chi connectivity index (χ1n) is 7.23. The zero-order valence-corrected chi connectivity index (χ0v) is 14.2. The van der Waals surface area contributed by atoms with Gasteiger partial charge in [-0.25, -0.2) is 8.42 Å². The van der Waals surface area contributed by atoms with E-state index in [0.29, 0.717) is 19.6 Å². The Bertz CT molecular complexity index is 512. The van der Waals surface area contributed by atoms with Gasteiger partial charge in [-0.05, 0) is 34.1 Å². The standard InChI is InChI=1S/C13H27N5O2S/c1-5-18(9-6-8-16(3)4)21(19,20)13-11-15-17(12-13)10-7-14-2/h11-12,14H,5-10H2,1-4H3. The minimum absolute atomic E-state index is 0.269. The predicted molar refractivity (Wildman–Crippen MR) is 83.8 cm³/mol. The minimum atomic E-state index is -3.44. The van der Waals surface area contributed by atoms with E-state index in [4.69, 9.17) is 0 Å². The molecule has 0 fully saturated rings. The molecule has 0 atom stereocenters. The van der Waals surface area contributed by atoms with Gasteiger partial charge in [-0.1, -0.05) is 6.92 Å². The maximum atomic E-state index is 12.6. The maximum absolute atomic E-state index is 12.6. The van der Waals surface area contributed by atoms with E-state index < -0.39 is 10.0 Å². The molecule has 0 bridgehead atoms. The third kappa shape index (κ3) is 5.39. The van der Waals surface area contributed by atoms with Gasteiger partial charge in [0.1, 0.15) is 4.90 Å². The molecule has 0 radical (unpaired) electrons. The molecule has 122 valence electrons. The Hall–Kier alpha value is -0.960. The van der Waals surface area contributed by atoms with Crippen LogP contribution in [0.15, 0.2) is 17.3 Å². The molecule has 0 spiro atoms. The van der Waals surface area contributed by atoms with Crippen molar-refractivity contribution in [2.45, 2.75) is 24.8 Å². The van der Waals surface area contributed by atoms with Crippen LogP contribution in [0.5, 0.6) is 0 Å². The first kappa shape index (κ1) is 18.1. The van der Waals surface area contributed by atoms with E-state index in [1.807, 2.05) is 28.1 Å². The molecule has 8 heteroatoms. The van der Waals surface area contributed by atoms with Crippen molar-refractivity contribution in [1.29, 1.82) is 0 Å². The molecule has 1 aromatic heterocycles. The van der Waals surface area contributed by atoms with Crippen molar-refractivity contribution in [3.05, 3.63) is 12.4 Å². The van der Waals surface area contributed by atoms with Crippen LogP contribution in [-0.4, -0.2) is 74.7 Å². The first-order chi connectivity index (χ1) is 9.91. The monoisotopic (exact) mass is 317 g/mol. The molecule has 0 aromatic carbocycles. The summed E-state index contributed by atoms with van der Waals surface area (Å²) in [7, 11) is 2.38. The van der Waals surface area contributed by atoms with Gasteiger partial charge in [0.25, 0.3) is 0 Å². The quantitative estimate of drug-likeness (QED) is 0.661. The van der Waals surface area contributed by atoms with Crippen LogP contribution < -0.4 is 5.32 Å². The Morgan fingerprint density at radius 1 is 1.33 bits per heavy atom. The third-order valence-corrected chi connectivity index (χ3v) is 5.13. The van der Waals surface area contributed by atoms with E-state index in [-0.39, 0.29) is 4.90 Å². The molecule has 0 aliphatic rings. The predicted octanol–water partition coefficient (Wildman–Crippen LogP) is 0.0648. The zero-order valence-electron chi connectivity index (χ0n) is 13.4. The highest BCUT2D eigenvalue weighted by Crippen LogP contribution is 2.15. The van der Waals surface area contributed by atoms with Crippen LogP contribution in [0.25, 0.3) is 0 Å².